The van der Waals surface area contributed by atoms with Gasteiger partial charge >= 0.3 is 6.03 Å². The maximum atomic E-state index is 12.9. The Balaban J connectivity index is 1.83. The van der Waals surface area contributed by atoms with Gasteiger partial charge in [-0.05, 0) is 47.7 Å². The molecular formula is C21H22N2O4. The summed E-state index contributed by atoms with van der Waals surface area (Å²) in [6.07, 6.45) is 0.239. The smallest absolute Gasteiger partial charge is 0.335 e. The van der Waals surface area contributed by atoms with E-state index >= 15 is 0 Å². The fourth-order valence-corrected chi connectivity index (χ4v) is 3.05. The number of methoxy groups -OCH3 is 1. The molecule has 1 aliphatic rings. The van der Waals surface area contributed by atoms with Gasteiger partial charge in [-0.3, -0.25) is 14.9 Å². The van der Waals surface area contributed by atoms with E-state index in [1.807, 2.05) is 24.3 Å². The van der Waals surface area contributed by atoms with Crippen molar-refractivity contribution in [3.05, 3.63) is 59.7 Å². The van der Waals surface area contributed by atoms with Crippen LogP contribution in [0.2, 0.25) is 0 Å². The molecule has 1 fully saturated rings. The molecule has 4 amide bonds. The SMILES string of the molecule is COc1ccc(N2C(=O)NC(=O)[C@@H](Cc3ccc(C(C)C)cc3)C2=O)cc1. The molecule has 2 aromatic carbocycles. The molecular weight excluding hydrogens is 344 g/mol. The van der Waals surface area contributed by atoms with E-state index in [0.717, 1.165) is 10.5 Å². The summed E-state index contributed by atoms with van der Waals surface area (Å²) >= 11 is 0. The lowest BCUT2D eigenvalue weighted by molar-refractivity contribution is -0.134. The van der Waals surface area contributed by atoms with Crippen molar-refractivity contribution in [2.45, 2.75) is 26.2 Å². The number of carbonyl (C=O) groups excluding carboxylic acids is 3. The monoisotopic (exact) mass is 366 g/mol. The maximum Gasteiger partial charge on any atom is 0.335 e. The number of nitrogens with one attached hydrogen (secondary N) is 1. The Kier molecular flexibility index (Phi) is 5.26. The number of carbonyl (C=O) groups is 3. The molecule has 2 aromatic rings. The van der Waals surface area contributed by atoms with Crippen molar-refractivity contribution in [2.75, 3.05) is 12.0 Å². The Hall–Kier alpha value is -3.15. The van der Waals surface area contributed by atoms with Gasteiger partial charge in [-0.2, -0.15) is 0 Å². The van der Waals surface area contributed by atoms with E-state index in [1.54, 1.807) is 24.3 Å². The zero-order valence-corrected chi connectivity index (χ0v) is 15.6. The summed E-state index contributed by atoms with van der Waals surface area (Å²) in [5.41, 5.74) is 2.45. The maximum absolute atomic E-state index is 12.9. The molecule has 6 heteroatoms. The molecule has 27 heavy (non-hydrogen) atoms. The molecule has 0 saturated carbocycles. The second-order valence-electron chi connectivity index (χ2n) is 6.82. The number of hydrogen-bond donors (Lipinski definition) is 1. The molecule has 1 atom stereocenters. The minimum atomic E-state index is -0.949. The molecule has 0 spiro atoms. The predicted molar refractivity (Wildman–Crippen MR) is 102 cm³/mol. The first-order chi connectivity index (χ1) is 12.9. The highest BCUT2D eigenvalue weighted by Gasteiger charge is 2.41. The fourth-order valence-electron chi connectivity index (χ4n) is 3.05. The average Bonchev–Trinajstić information content (AvgIpc) is 2.66. The Morgan fingerprint density at radius 3 is 2.19 bits per heavy atom. The van der Waals surface area contributed by atoms with Crippen LogP contribution in [-0.4, -0.2) is 25.0 Å². The predicted octanol–water partition coefficient (Wildman–Crippen LogP) is 3.26. The summed E-state index contributed by atoms with van der Waals surface area (Å²) in [5, 5.41) is 2.28. The Bertz CT molecular complexity index is 857. The Morgan fingerprint density at radius 2 is 1.63 bits per heavy atom. The van der Waals surface area contributed by atoms with E-state index in [0.29, 0.717) is 17.4 Å². The number of benzene rings is 2. The number of ether oxygens (including phenoxy) is 1. The van der Waals surface area contributed by atoms with Crippen LogP contribution in [0.1, 0.15) is 30.9 Å². The van der Waals surface area contributed by atoms with Gasteiger partial charge in [0.2, 0.25) is 11.8 Å². The van der Waals surface area contributed by atoms with Gasteiger partial charge in [-0.25, -0.2) is 9.69 Å². The van der Waals surface area contributed by atoms with Crippen molar-refractivity contribution in [3.8, 4) is 5.75 Å². The summed E-state index contributed by atoms with van der Waals surface area (Å²) in [5.74, 6) is -1.03. The molecule has 0 radical (unpaired) electrons. The lowest BCUT2D eigenvalue weighted by Gasteiger charge is -2.30. The zero-order chi connectivity index (χ0) is 19.6. The second kappa shape index (κ2) is 7.61. The highest BCUT2D eigenvalue weighted by atomic mass is 16.5. The largest absolute Gasteiger partial charge is 0.497 e. The van der Waals surface area contributed by atoms with Crippen molar-refractivity contribution >= 4 is 23.5 Å². The average molecular weight is 366 g/mol. The minimum Gasteiger partial charge on any atom is -0.497 e. The van der Waals surface area contributed by atoms with Gasteiger partial charge in [0.1, 0.15) is 11.7 Å². The molecule has 140 valence electrons. The standard InChI is InChI=1S/C21H22N2O4/c1-13(2)15-6-4-14(5-7-15)12-18-19(24)22-21(26)23(20(18)25)16-8-10-17(27-3)11-9-16/h4-11,13,18H,12H2,1-3H3,(H,22,24,26)/t18-/m1/s1. The third-order valence-electron chi connectivity index (χ3n) is 4.69. The number of amides is 4. The number of rotatable bonds is 5. The van der Waals surface area contributed by atoms with E-state index < -0.39 is 23.8 Å². The van der Waals surface area contributed by atoms with Crippen LogP contribution in [0.5, 0.6) is 5.75 Å². The molecule has 1 saturated heterocycles. The van der Waals surface area contributed by atoms with Crippen molar-refractivity contribution in [1.29, 1.82) is 0 Å². The highest BCUT2D eigenvalue weighted by Crippen LogP contribution is 2.25. The van der Waals surface area contributed by atoms with Crippen LogP contribution >= 0.6 is 0 Å². The van der Waals surface area contributed by atoms with Crippen molar-refractivity contribution in [1.82, 2.24) is 5.32 Å². The number of anilines is 1. The van der Waals surface area contributed by atoms with Crippen LogP contribution in [0.15, 0.2) is 48.5 Å². The van der Waals surface area contributed by atoms with E-state index in [-0.39, 0.29) is 6.42 Å². The van der Waals surface area contributed by atoms with Crippen LogP contribution in [-0.2, 0) is 16.0 Å². The number of imide groups is 2. The molecule has 0 unspecified atom stereocenters. The van der Waals surface area contributed by atoms with Crippen LogP contribution in [0, 0.1) is 5.92 Å². The van der Waals surface area contributed by atoms with Gasteiger partial charge < -0.3 is 4.74 Å². The van der Waals surface area contributed by atoms with Crippen molar-refractivity contribution < 1.29 is 19.1 Å². The fraction of sp³-hybridized carbons (Fsp3) is 0.286. The molecule has 1 aliphatic heterocycles. The second-order valence-corrected chi connectivity index (χ2v) is 6.82. The first-order valence-electron chi connectivity index (χ1n) is 8.82. The van der Waals surface area contributed by atoms with E-state index in [1.165, 1.54) is 12.7 Å². The summed E-state index contributed by atoms with van der Waals surface area (Å²) in [7, 11) is 1.53. The van der Waals surface area contributed by atoms with Crippen molar-refractivity contribution in [2.24, 2.45) is 5.92 Å². The minimum absolute atomic E-state index is 0.239. The lowest BCUT2D eigenvalue weighted by Crippen LogP contribution is -2.58. The van der Waals surface area contributed by atoms with Crippen LogP contribution < -0.4 is 15.0 Å². The molecule has 1 heterocycles. The summed E-state index contributed by atoms with van der Waals surface area (Å²) in [6.45, 7) is 4.21. The third-order valence-corrected chi connectivity index (χ3v) is 4.69. The highest BCUT2D eigenvalue weighted by molar-refractivity contribution is 6.27. The molecule has 3 rings (SSSR count). The number of urea groups is 1. The van der Waals surface area contributed by atoms with Crippen LogP contribution in [0.4, 0.5) is 10.5 Å². The van der Waals surface area contributed by atoms with Gasteiger partial charge in [0.15, 0.2) is 0 Å². The molecule has 6 nitrogen and oxygen atoms in total. The number of barbiturate groups is 1. The number of nitrogens with zero attached hydrogens (tertiary/aromatic N) is 1. The lowest BCUT2D eigenvalue weighted by atomic mass is 9.93. The third kappa shape index (κ3) is 3.84. The first-order valence-corrected chi connectivity index (χ1v) is 8.82. The molecule has 0 aromatic heterocycles. The number of hydrogen-bond acceptors (Lipinski definition) is 4. The summed E-state index contributed by atoms with van der Waals surface area (Å²) < 4.78 is 5.10. The first kappa shape index (κ1) is 18.6. The van der Waals surface area contributed by atoms with E-state index in [2.05, 4.69) is 19.2 Å². The van der Waals surface area contributed by atoms with Gasteiger partial charge in [0.25, 0.3) is 0 Å². The van der Waals surface area contributed by atoms with Gasteiger partial charge in [-0.15, -0.1) is 0 Å². The van der Waals surface area contributed by atoms with E-state index in [4.69, 9.17) is 4.74 Å². The normalized spacial score (nSPS) is 17.3. The van der Waals surface area contributed by atoms with Crippen LogP contribution in [0.3, 0.4) is 0 Å². The Labute approximate surface area is 158 Å². The van der Waals surface area contributed by atoms with E-state index in [9.17, 15) is 14.4 Å². The molecule has 1 N–H and O–H groups in total. The van der Waals surface area contributed by atoms with Gasteiger partial charge in [-0.1, -0.05) is 38.1 Å². The molecule has 0 aliphatic carbocycles. The van der Waals surface area contributed by atoms with Crippen LogP contribution in [0.25, 0.3) is 0 Å². The zero-order valence-electron chi connectivity index (χ0n) is 15.6. The quantitative estimate of drug-likeness (QED) is 0.824. The molecule has 0 bridgehead atoms. The Morgan fingerprint density at radius 1 is 1.00 bits per heavy atom. The van der Waals surface area contributed by atoms with Crippen molar-refractivity contribution in [3.63, 3.8) is 0 Å². The summed E-state index contributed by atoms with van der Waals surface area (Å²) in [6, 6.07) is 13.6. The van der Waals surface area contributed by atoms with Gasteiger partial charge in [0, 0.05) is 0 Å². The van der Waals surface area contributed by atoms with Gasteiger partial charge in [0.05, 0.1) is 12.8 Å². The summed E-state index contributed by atoms with van der Waals surface area (Å²) in [4.78, 5) is 38.4. The topological polar surface area (TPSA) is 75.7 Å².